The number of hydrogen-bond donors (Lipinski definition) is 1. The highest BCUT2D eigenvalue weighted by Crippen LogP contribution is 2.43. The molecule has 1 aliphatic heterocycles. The summed E-state index contributed by atoms with van der Waals surface area (Å²) in [6.45, 7) is 6.84. The predicted octanol–water partition coefficient (Wildman–Crippen LogP) is 4.01. The molecule has 0 radical (unpaired) electrons. The first-order chi connectivity index (χ1) is 15.5. The summed E-state index contributed by atoms with van der Waals surface area (Å²) in [6.07, 6.45) is 0. The van der Waals surface area contributed by atoms with Crippen LogP contribution in [0.15, 0.2) is 38.4 Å². The van der Waals surface area contributed by atoms with Crippen molar-refractivity contribution in [3.8, 4) is 5.75 Å². The number of ether oxygens (including phenoxy) is 1. The molecule has 8 nitrogen and oxygen atoms in total. The molecule has 1 N–H and O–H groups in total. The van der Waals surface area contributed by atoms with Crippen molar-refractivity contribution >= 4 is 21.6 Å². The van der Waals surface area contributed by atoms with Crippen LogP contribution in [0.1, 0.15) is 47.0 Å². The van der Waals surface area contributed by atoms with Crippen molar-refractivity contribution in [3.63, 3.8) is 0 Å². The third kappa shape index (κ3) is 4.07. The van der Waals surface area contributed by atoms with Crippen LogP contribution >= 0.6 is 11.6 Å². The lowest BCUT2D eigenvalue weighted by atomic mass is 9.87. The van der Waals surface area contributed by atoms with Gasteiger partial charge in [-0.3, -0.25) is 0 Å². The van der Waals surface area contributed by atoms with Gasteiger partial charge < -0.3 is 9.15 Å². The summed E-state index contributed by atoms with van der Waals surface area (Å²) >= 11 is 6.11. The van der Waals surface area contributed by atoms with Crippen LogP contribution in [0.2, 0.25) is 5.02 Å². The van der Waals surface area contributed by atoms with E-state index < -0.39 is 33.6 Å². The van der Waals surface area contributed by atoms with Crippen LogP contribution in [-0.2, 0) is 10.0 Å². The van der Waals surface area contributed by atoms with Gasteiger partial charge in [0.2, 0.25) is 15.9 Å². The monoisotopic (exact) mass is 495 g/mol. The lowest BCUT2D eigenvalue weighted by Gasteiger charge is -2.32. The number of sulfonamides is 1. The average Bonchev–Trinajstić information content (AvgIpc) is 3.09. The molecule has 1 aliphatic rings. The number of benzene rings is 2. The smallest absolute Gasteiger partial charge is 0.434 e. The zero-order chi connectivity index (χ0) is 24.1. The highest BCUT2D eigenvalue weighted by molar-refractivity contribution is 7.89. The van der Waals surface area contributed by atoms with Gasteiger partial charge in [-0.05, 0) is 55.2 Å². The van der Waals surface area contributed by atoms with Crippen molar-refractivity contribution in [2.45, 2.75) is 44.6 Å². The first-order valence-electron chi connectivity index (χ1n) is 10.3. The van der Waals surface area contributed by atoms with E-state index in [0.717, 1.165) is 9.87 Å². The molecule has 176 valence electrons. The van der Waals surface area contributed by atoms with Crippen LogP contribution in [0.5, 0.6) is 5.75 Å². The van der Waals surface area contributed by atoms with E-state index in [0.29, 0.717) is 21.7 Å². The molecule has 2 heterocycles. The highest BCUT2D eigenvalue weighted by Gasteiger charge is 2.43. The highest BCUT2D eigenvalue weighted by atomic mass is 35.5. The topological polar surface area (TPSA) is 106 Å². The number of hydrogen-bond acceptors (Lipinski definition) is 6. The van der Waals surface area contributed by atoms with Crippen LogP contribution in [0, 0.1) is 26.6 Å². The lowest BCUT2D eigenvalue weighted by Crippen LogP contribution is -2.39. The normalized spacial score (nSPS) is 17.6. The maximum atomic E-state index is 15.0. The Morgan fingerprint density at radius 2 is 1.94 bits per heavy atom. The Kier molecular flexibility index (Phi) is 6.10. The largest absolute Gasteiger partial charge is 0.491 e. The average molecular weight is 496 g/mol. The summed E-state index contributed by atoms with van der Waals surface area (Å²) in [7, 11) is -4.18. The Morgan fingerprint density at radius 3 is 2.61 bits per heavy atom. The van der Waals surface area contributed by atoms with E-state index >= 15 is 4.39 Å². The van der Waals surface area contributed by atoms with Crippen LogP contribution < -0.4 is 10.5 Å². The van der Waals surface area contributed by atoms with E-state index in [1.807, 2.05) is 6.92 Å². The zero-order valence-electron chi connectivity index (χ0n) is 18.5. The van der Waals surface area contributed by atoms with E-state index in [-0.39, 0.29) is 29.7 Å². The molecule has 1 aromatic heterocycles. The fourth-order valence-electron chi connectivity index (χ4n) is 4.38. The lowest BCUT2D eigenvalue weighted by molar-refractivity contribution is 0.209. The minimum absolute atomic E-state index is 0.0131. The number of rotatable bonds is 4. The van der Waals surface area contributed by atoms with Crippen LogP contribution in [0.25, 0.3) is 0 Å². The molecule has 33 heavy (non-hydrogen) atoms. The summed E-state index contributed by atoms with van der Waals surface area (Å²) in [5, 5.41) is 6.44. The minimum atomic E-state index is -4.18. The third-order valence-electron chi connectivity index (χ3n) is 6.02. The van der Waals surface area contributed by atoms with Gasteiger partial charge in [0.05, 0.1) is 0 Å². The van der Waals surface area contributed by atoms with Gasteiger partial charge in [-0.2, -0.15) is 4.31 Å². The van der Waals surface area contributed by atoms with Crippen molar-refractivity contribution in [1.29, 1.82) is 0 Å². The molecule has 0 amide bonds. The second kappa shape index (κ2) is 8.58. The van der Waals surface area contributed by atoms with Crippen molar-refractivity contribution in [3.05, 3.63) is 73.8 Å². The van der Waals surface area contributed by atoms with Crippen LogP contribution in [0.4, 0.5) is 4.39 Å². The first kappa shape index (κ1) is 23.5. The molecule has 0 aliphatic carbocycles. The van der Waals surface area contributed by atoms with Gasteiger partial charge in [0.1, 0.15) is 29.1 Å². The molecular weight excluding hydrogens is 473 g/mol. The molecule has 0 saturated carbocycles. The summed E-state index contributed by atoms with van der Waals surface area (Å²) < 4.78 is 54.9. The van der Waals surface area contributed by atoms with Crippen LogP contribution in [0.3, 0.4) is 0 Å². The molecule has 3 aromatic rings. The molecule has 0 spiro atoms. The quantitative estimate of drug-likeness (QED) is 0.586. The summed E-state index contributed by atoms with van der Waals surface area (Å²) in [4.78, 5) is 11.7. The molecule has 0 saturated heterocycles. The number of halogens is 2. The van der Waals surface area contributed by atoms with E-state index in [9.17, 15) is 13.2 Å². The van der Waals surface area contributed by atoms with Gasteiger partial charge >= 0.3 is 5.76 Å². The van der Waals surface area contributed by atoms with E-state index in [2.05, 4.69) is 10.2 Å². The number of aromatic nitrogens is 2. The Balaban J connectivity index is 1.94. The Hall–Kier alpha value is -2.69. The van der Waals surface area contributed by atoms with E-state index in [4.69, 9.17) is 20.8 Å². The molecule has 2 aromatic carbocycles. The van der Waals surface area contributed by atoms with Crippen molar-refractivity contribution in [2.75, 3.05) is 13.2 Å². The van der Waals surface area contributed by atoms with E-state index in [1.165, 1.54) is 18.2 Å². The molecule has 0 bridgehead atoms. The minimum Gasteiger partial charge on any atom is -0.491 e. The van der Waals surface area contributed by atoms with Crippen molar-refractivity contribution in [1.82, 2.24) is 14.5 Å². The van der Waals surface area contributed by atoms with Gasteiger partial charge in [-0.1, -0.05) is 24.6 Å². The Labute approximate surface area is 195 Å². The Morgan fingerprint density at radius 1 is 1.21 bits per heavy atom. The molecule has 11 heteroatoms. The number of H-pyrrole nitrogens is 1. The summed E-state index contributed by atoms with van der Waals surface area (Å²) in [5.41, 5.74) is 2.24. The summed E-state index contributed by atoms with van der Waals surface area (Å²) in [6, 6.07) is 4.86. The third-order valence-corrected chi connectivity index (χ3v) is 8.31. The predicted molar refractivity (Wildman–Crippen MR) is 120 cm³/mol. The van der Waals surface area contributed by atoms with Gasteiger partial charge in [-0.25, -0.2) is 22.7 Å². The number of nitrogens with zero attached hydrogens (tertiary/aromatic N) is 2. The number of aryl methyl sites for hydroxylation is 2. The maximum Gasteiger partial charge on any atom is 0.434 e. The molecule has 4 rings (SSSR count). The van der Waals surface area contributed by atoms with Gasteiger partial charge in [-0.15, -0.1) is 5.10 Å². The Bertz CT molecular complexity index is 1390. The first-order valence-corrected chi connectivity index (χ1v) is 12.1. The second-order valence-corrected chi connectivity index (χ2v) is 10.4. The van der Waals surface area contributed by atoms with Crippen molar-refractivity contribution < 1.29 is 22.0 Å². The van der Waals surface area contributed by atoms with Gasteiger partial charge in [0.25, 0.3) is 0 Å². The van der Waals surface area contributed by atoms with Crippen LogP contribution in [-0.4, -0.2) is 36.1 Å². The summed E-state index contributed by atoms with van der Waals surface area (Å²) in [5.74, 6) is -2.10. The van der Waals surface area contributed by atoms with Gasteiger partial charge in [0.15, 0.2) is 0 Å². The second-order valence-electron chi connectivity index (χ2n) is 8.10. The van der Waals surface area contributed by atoms with Crippen molar-refractivity contribution in [2.24, 2.45) is 0 Å². The molecule has 0 unspecified atom stereocenters. The molecular formula is C22H23ClFN3O5S. The number of fused-ring (bicyclic) bond motifs is 1. The van der Waals surface area contributed by atoms with E-state index in [1.54, 1.807) is 26.8 Å². The maximum absolute atomic E-state index is 15.0. The molecule has 0 fully saturated rings. The molecule has 2 atom stereocenters. The standard InChI is InChI=1S/C22H23ClFN3O5S/c1-11-5-6-16(24)18(13(11)3)14(4)19(21-25-26-22(28)32-21)27-7-8-31-17-10-15(23)9-12(2)20(17)33(27,29)30/h5-6,9-10,14,19H,7-8H2,1-4H3,(H,26,28)/t14-,19+/m1/s1. The number of nitrogens with one attached hydrogen (secondary N) is 1. The zero-order valence-corrected chi connectivity index (χ0v) is 20.1. The fourth-order valence-corrected chi connectivity index (χ4v) is 6.61. The van der Waals surface area contributed by atoms with Gasteiger partial charge in [0, 0.05) is 23.6 Å². The fraction of sp³-hybridized carbons (Fsp3) is 0.364. The SMILES string of the molecule is Cc1ccc(F)c([C@@H](C)[C@@H](c2n[nH]c(=O)o2)N2CCOc3cc(Cl)cc(C)c3S2(=O)=O)c1C. The number of aromatic amines is 1.